The van der Waals surface area contributed by atoms with Crippen molar-refractivity contribution in [2.75, 3.05) is 18.9 Å². The molecule has 130 valence electrons. The average Bonchev–Trinajstić information content (AvgIpc) is 3.31. The first-order chi connectivity index (χ1) is 11.2. The van der Waals surface area contributed by atoms with Crippen LogP contribution in [0.1, 0.15) is 36.9 Å². The highest BCUT2D eigenvalue weighted by Crippen LogP contribution is 2.38. The third-order valence-electron chi connectivity index (χ3n) is 3.52. The van der Waals surface area contributed by atoms with Gasteiger partial charge in [-0.25, -0.2) is 0 Å². The SMILES string of the molecule is CNCCC(=O)Nc1ccc(OCc2noc(C3CC3)n2)cc1.Cl. The molecule has 1 amide bonds. The van der Waals surface area contributed by atoms with Crippen LogP contribution in [0.3, 0.4) is 0 Å². The number of aromatic nitrogens is 2. The minimum atomic E-state index is -0.0209. The van der Waals surface area contributed by atoms with Gasteiger partial charge in [-0.1, -0.05) is 5.16 Å². The van der Waals surface area contributed by atoms with Crippen LogP contribution in [-0.4, -0.2) is 29.6 Å². The zero-order valence-corrected chi connectivity index (χ0v) is 14.3. The monoisotopic (exact) mass is 352 g/mol. The third-order valence-corrected chi connectivity index (χ3v) is 3.52. The molecule has 0 atom stereocenters. The molecule has 24 heavy (non-hydrogen) atoms. The van der Waals surface area contributed by atoms with Crippen LogP contribution < -0.4 is 15.4 Å². The Morgan fingerprint density at radius 2 is 2.08 bits per heavy atom. The van der Waals surface area contributed by atoms with E-state index in [4.69, 9.17) is 9.26 Å². The Balaban J connectivity index is 0.00000208. The molecule has 2 N–H and O–H groups in total. The number of amides is 1. The van der Waals surface area contributed by atoms with Crippen LogP contribution in [0.15, 0.2) is 28.8 Å². The number of anilines is 1. The van der Waals surface area contributed by atoms with Gasteiger partial charge in [-0.2, -0.15) is 4.98 Å². The number of carbonyl (C=O) groups is 1. The lowest BCUT2D eigenvalue weighted by Crippen LogP contribution is -2.18. The number of nitrogens with one attached hydrogen (secondary N) is 2. The van der Waals surface area contributed by atoms with Gasteiger partial charge in [-0.15, -0.1) is 12.4 Å². The van der Waals surface area contributed by atoms with Crippen molar-refractivity contribution in [3.63, 3.8) is 0 Å². The average molecular weight is 353 g/mol. The fourth-order valence-electron chi connectivity index (χ4n) is 2.07. The van der Waals surface area contributed by atoms with Gasteiger partial charge in [0.15, 0.2) is 6.61 Å². The summed E-state index contributed by atoms with van der Waals surface area (Å²) >= 11 is 0. The van der Waals surface area contributed by atoms with Crippen molar-refractivity contribution in [3.8, 4) is 5.75 Å². The van der Waals surface area contributed by atoms with E-state index < -0.39 is 0 Å². The molecule has 1 aromatic carbocycles. The van der Waals surface area contributed by atoms with Gasteiger partial charge in [-0.05, 0) is 44.2 Å². The van der Waals surface area contributed by atoms with Crippen LogP contribution in [0.4, 0.5) is 5.69 Å². The van der Waals surface area contributed by atoms with E-state index in [1.807, 2.05) is 7.05 Å². The standard InChI is InChI=1S/C16H20N4O3.ClH/c1-17-9-8-15(21)18-12-4-6-13(7-5-12)22-10-14-19-16(23-20-14)11-2-3-11;/h4-7,11,17H,2-3,8-10H2,1H3,(H,18,21);1H. The van der Waals surface area contributed by atoms with E-state index in [9.17, 15) is 4.79 Å². The second-order valence-electron chi connectivity index (χ2n) is 5.54. The minimum Gasteiger partial charge on any atom is -0.485 e. The van der Waals surface area contributed by atoms with Gasteiger partial charge in [0.2, 0.25) is 17.6 Å². The van der Waals surface area contributed by atoms with Gasteiger partial charge in [0.05, 0.1) is 0 Å². The van der Waals surface area contributed by atoms with Gasteiger partial charge >= 0.3 is 0 Å². The molecule has 0 bridgehead atoms. The Morgan fingerprint density at radius 3 is 2.75 bits per heavy atom. The molecule has 3 rings (SSSR count). The highest BCUT2D eigenvalue weighted by Gasteiger charge is 2.29. The smallest absolute Gasteiger partial charge is 0.229 e. The molecule has 0 radical (unpaired) electrons. The Hall–Kier alpha value is -2.12. The molecular weight excluding hydrogens is 332 g/mol. The molecule has 1 aromatic heterocycles. The summed E-state index contributed by atoms with van der Waals surface area (Å²) in [7, 11) is 1.82. The Kier molecular flexibility index (Phi) is 6.57. The zero-order chi connectivity index (χ0) is 16.1. The largest absolute Gasteiger partial charge is 0.485 e. The molecule has 0 spiro atoms. The summed E-state index contributed by atoms with van der Waals surface area (Å²) < 4.78 is 10.8. The number of halogens is 1. The molecule has 2 aromatic rings. The summed E-state index contributed by atoms with van der Waals surface area (Å²) in [5, 5.41) is 9.67. The molecule has 1 saturated carbocycles. The van der Waals surface area contributed by atoms with Crippen molar-refractivity contribution in [3.05, 3.63) is 36.0 Å². The van der Waals surface area contributed by atoms with Gasteiger partial charge in [0.1, 0.15) is 5.75 Å². The van der Waals surface area contributed by atoms with E-state index >= 15 is 0 Å². The highest BCUT2D eigenvalue weighted by molar-refractivity contribution is 5.90. The first kappa shape index (κ1) is 18.2. The second-order valence-corrected chi connectivity index (χ2v) is 5.54. The van der Waals surface area contributed by atoms with E-state index in [0.717, 1.165) is 18.5 Å². The maximum atomic E-state index is 11.6. The van der Waals surface area contributed by atoms with Crippen molar-refractivity contribution >= 4 is 24.0 Å². The number of ether oxygens (including phenoxy) is 1. The van der Waals surface area contributed by atoms with Gasteiger partial charge in [-0.3, -0.25) is 4.79 Å². The molecule has 0 saturated heterocycles. The maximum absolute atomic E-state index is 11.6. The van der Waals surface area contributed by atoms with Gasteiger partial charge in [0.25, 0.3) is 0 Å². The number of benzene rings is 1. The fraction of sp³-hybridized carbons (Fsp3) is 0.438. The van der Waals surface area contributed by atoms with Crippen LogP contribution in [0, 0.1) is 0 Å². The summed E-state index contributed by atoms with van der Waals surface area (Å²) in [6, 6.07) is 7.21. The molecule has 8 heteroatoms. The van der Waals surface area contributed by atoms with Crippen molar-refractivity contribution in [1.82, 2.24) is 15.5 Å². The first-order valence-electron chi connectivity index (χ1n) is 7.74. The number of hydrogen-bond donors (Lipinski definition) is 2. The highest BCUT2D eigenvalue weighted by atomic mass is 35.5. The van der Waals surface area contributed by atoms with E-state index in [1.165, 1.54) is 0 Å². The van der Waals surface area contributed by atoms with Gasteiger partial charge in [0, 0.05) is 24.6 Å². The quantitative estimate of drug-likeness (QED) is 0.758. The molecule has 1 fully saturated rings. The molecule has 0 aliphatic heterocycles. The first-order valence-corrected chi connectivity index (χ1v) is 7.74. The van der Waals surface area contributed by atoms with E-state index in [-0.39, 0.29) is 24.9 Å². The number of hydrogen-bond acceptors (Lipinski definition) is 6. The van der Waals surface area contributed by atoms with Crippen molar-refractivity contribution in [2.45, 2.75) is 31.8 Å². The van der Waals surface area contributed by atoms with Crippen LogP contribution in [0.5, 0.6) is 5.75 Å². The summed E-state index contributed by atoms with van der Waals surface area (Å²) in [6.07, 6.45) is 2.70. The molecule has 0 unspecified atom stereocenters. The number of rotatable bonds is 8. The van der Waals surface area contributed by atoms with E-state index in [2.05, 4.69) is 20.8 Å². The van der Waals surface area contributed by atoms with Crippen LogP contribution in [-0.2, 0) is 11.4 Å². The van der Waals surface area contributed by atoms with Crippen LogP contribution in [0.2, 0.25) is 0 Å². The number of carbonyl (C=O) groups excluding carboxylic acids is 1. The van der Waals surface area contributed by atoms with Crippen LogP contribution >= 0.6 is 12.4 Å². The predicted octanol–water partition coefficient (Wildman–Crippen LogP) is 2.50. The lowest BCUT2D eigenvalue weighted by molar-refractivity contribution is -0.116. The second kappa shape index (κ2) is 8.65. The van der Waals surface area contributed by atoms with Gasteiger partial charge < -0.3 is 19.9 Å². The lowest BCUT2D eigenvalue weighted by Gasteiger charge is -2.07. The summed E-state index contributed by atoms with van der Waals surface area (Å²) in [5.74, 6) is 2.38. The molecule has 1 heterocycles. The van der Waals surface area contributed by atoms with Crippen molar-refractivity contribution in [1.29, 1.82) is 0 Å². The molecule has 7 nitrogen and oxygen atoms in total. The van der Waals surface area contributed by atoms with Crippen molar-refractivity contribution in [2.24, 2.45) is 0 Å². The van der Waals surface area contributed by atoms with Crippen molar-refractivity contribution < 1.29 is 14.1 Å². The normalized spacial score (nSPS) is 13.2. The van der Waals surface area contributed by atoms with E-state index in [1.54, 1.807) is 24.3 Å². The molecular formula is C16H21ClN4O3. The Labute approximate surface area is 146 Å². The molecule has 1 aliphatic rings. The minimum absolute atomic E-state index is 0. The summed E-state index contributed by atoms with van der Waals surface area (Å²) in [4.78, 5) is 15.9. The number of nitrogens with zero attached hydrogens (tertiary/aromatic N) is 2. The third kappa shape index (κ3) is 5.21. The van der Waals surface area contributed by atoms with Crippen LogP contribution in [0.25, 0.3) is 0 Å². The maximum Gasteiger partial charge on any atom is 0.229 e. The Bertz CT molecular complexity index is 656. The summed E-state index contributed by atoms with van der Waals surface area (Å²) in [6.45, 7) is 0.921. The Morgan fingerprint density at radius 1 is 1.33 bits per heavy atom. The zero-order valence-electron chi connectivity index (χ0n) is 13.4. The fourth-order valence-corrected chi connectivity index (χ4v) is 2.07. The topological polar surface area (TPSA) is 89.3 Å². The lowest BCUT2D eigenvalue weighted by atomic mass is 10.3. The molecule has 1 aliphatic carbocycles. The summed E-state index contributed by atoms with van der Waals surface area (Å²) in [5.41, 5.74) is 0.744. The predicted molar refractivity (Wildman–Crippen MR) is 91.5 cm³/mol. The van der Waals surface area contributed by atoms with E-state index in [0.29, 0.717) is 36.3 Å².